The van der Waals surface area contributed by atoms with E-state index in [0.29, 0.717) is 0 Å². The van der Waals surface area contributed by atoms with Crippen LogP contribution in [-0.4, -0.2) is 22.4 Å². The smallest absolute Gasteiger partial charge is 0.0521 e. The molecule has 3 nitrogen and oxygen atoms in total. The summed E-state index contributed by atoms with van der Waals surface area (Å²) in [5.41, 5.74) is 1.38. The summed E-state index contributed by atoms with van der Waals surface area (Å²) in [6.07, 6.45) is 11.1. The van der Waals surface area contributed by atoms with Crippen molar-refractivity contribution in [2.24, 2.45) is 24.8 Å². The maximum atomic E-state index is 4.25. The first-order valence-electron chi connectivity index (χ1n) is 7.47. The number of nitrogens with one attached hydrogen (secondary N) is 1. The molecule has 1 aromatic rings. The van der Waals surface area contributed by atoms with Crippen LogP contribution in [0, 0.1) is 17.8 Å². The molecule has 100 valence electrons. The van der Waals surface area contributed by atoms with Gasteiger partial charge in [-0.05, 0) is 62.0 Å². The van der Waals surface area contributed by atoms with Crippen LogP contribution in [0.1, 0.15) is 38.2 Å². The van der Waals surface area contributed by atoms with Crippen LogP contribution >= 0.6 is 0 Å². The molecule has 1 aromatic heterocycles. The van der Waals surface area contributed by atoms with Gasteiger partial charge in [0, 0.05) is 19.3 Å². The molecular formula is C15H25N3. The Balaban J connectivity index is 1.53. The summed E-state index contributed by atoms with van der Waals surface area (Å²) in [6.45, 7) is 3.33. The van der Waals surface area contributed by atoms with Crippen LogP contribution in [0.3, 0.4) is 0 Å². The molecule has 2 saturated carbocycles. The molecule has 3 unspecified atom stereocenters. The predicted molar refractivity (Wildman–Crippen MR) is 73.3 cm³/mol. The van der Waals surface area contributed by atoms with Crippen molar-refractivity contribution < 1.29 is 0 Å². The topological polar surface area (TPSA) is 29.9 Å². The lowest BCUT2D eigenvalue weighted by Crippen LogP contribution is -2.36. The van der Waals surface area contributed by atoms with Crippen molar-refractivity contribution in [3.8, 4) is 0 Å². The van der Waals surface area contributed by atoms with Crippen molar-refractivity contribution in [2.45, 2.75) is 45.1 Å². The largest absolute Gasteiger partial charge is 0.314 e. The number of hydrogen-bond acceptors (Lipinski definition) is 2. The highest BCUT2D eigenvalue weighted by molar-refractivity contribution is 5.05. The average Bonchev–Trinajstić information content (AvgIpc) is 2.78. The van der Waals surface area contributed by atoms with Crippen molar-refractivity contribution in [2.75, 3.05) is 6.54 Å². The molecule has 0 saturated heterocycles. The maximum Gasteiger partial charge on any atom is 0.0521 e. The third-order valence-corrected chi connectivity index (χ3v) is 4.82. The van der Waals surface area contributed by atoms with Crippen LogP contribution < -0.4 is 5.32 Å². The summed E-state index contributed by atoms with van der Waals surface area (Å²) >= 11 is 0. The molecule has 0 aromatic carbocycles. The molecule has 0 aliphatic heterocycles. The molecule has 3 atom stereocenters. The average molecular weight is 247 g/mol. The molecule has 2 aliphatic carbocycles. The van der Waals surface area contributed by atoms with E-state index in [1.54, 1.807) is 0 Å². The second-order valence-corrected chi connectivity index (χ2v) is 6.21. The van der Waals surface area contributed by atoms with Crippen molar-refractivity contribution >= 4 is 0 Å². The molecule has 1 heterocycles. The van der Waals surface area contributed by atoms with Crippen LogP contribution in [0.25, 0.3) is 0 Å². The van der Waals surface area contributed by atoms with Crippen LogP contribution in [0.2, 0.25) is 0 Å². The van der Waals surface area contributed by atoms with Gasteiger partial charge in [0.1, 0.15) is 0 Å². The minimum Gasteiger partial charge on any atom is -0.314 e. The van der Waals surface area contributed by atoms with Crippen molar-refractivity contribution in [1.29, 1.82) is 0 Å². The SMILES string of the molecule is CCNC(CCc1cnn(C)c1)C1CC2CC2C1. The van der Waals surface area contributed by atoms with Gasteiger partial charge in [0.05, 0.1) is 6.20 Å². The number of hydrogen-bond donors (Lipinski definition) is 1. The van der Waals surface area contributed by atoms with E-state index in [4.69, 9.17) is 0 Å². The van der Waals surface area contributed by atoms with Gasteiger partial charge in [-0.1, -0.05) is 6.92 Å². The monoisotopic (exact) mass is 247 g/mol. The third-order valence-electron chi connectivity index (χ3n) is 4.82. The molecule has 3 rings (SSSR count). The highest BCUT2D eigenvalue weighted by Crippen LogP contribution is 2.55. The van der Waals surface area contributed by atoms with Gasteiger partial charge in [-0.15, -0.1) is 0 Å². The number of aromatic nitrogens is 2. The minimum atomic E-state index is 0.725. The van der Waals surface area contributed by atoms with Gasteiger partial charge in [0.2, 0.25) is 0 Å². The molecular weight excluding hydrogens is 222 g/mol. The Morgan fingerprint density at radius 2 is 2.17 bits per heavy atom. The third kappa shape index (κ3) is 2.61. The summed E-state index contributed by atoms with van der Waals surface area (Å²) in [5.74, 6) is 3.12. The number of aryl methyl sites for hydroxylation is 2. The van der Waals surface area contributed by atoms with Gasteiger partial charge in [-0.25, -0.2) is 0 Å². The van der Waals surface area contributed by atoms with Crippen molar-refractivity contribution in [3.63, 3.8) is 0 Å². The summed E-state index contributed by atoms with van der Waals surface area (Å²) in [7, 11) is 2.00. The first kappa shape index (κ1) is 12.2. The van der Waals surface area contributed by atoms with E-state index >= 15 is 0 Å². The van der Waals surface area contributed by atoms with E-state index in [1.807, 2.05) is 17.9 Å². The normalized spacial score (nSPS) is 31.3. The first-order valence-corrected chi connectivity index (χ1v) is 7.47. The molecule has 0 spiro atoms. The van der Waals surface area contributed by atoms with Crippen LogP contribution in [0.5, 0.6) is 0 Å². The lowest BCUT2D eigenvalue weighted by Gasteiger charge is -2.25. The quantitative estimate of drug-likeness (QED) is 0.836. The Bertz CT molecular complexity index is 388. The summed E-state index contributed by atoms with van der Waals surface area (Å²) < 4.78 is 1.91. The van der Waals surface area contributed by atoms with E-state index in [9.17, 15) is 0 Å². The summed E-state index contributed by atoms with van der Waals surface area (Å²) in [5, 5.41) is 7.97. The number of rotatable bonds is 6. The Hall–Kier alpha value is -0.830. The van der Waals surface area contributed by atoms with Crippen LogP contribution in [0.15, 0.2) is 12.4 Å². The first-order chi connectivity index (χ1) is 8.76. The van der Waals surface area contributed by atoms with Gasteiger partial charge in [0.25, 0.3) is 0 Å². The summed E-state index contributed by atoms with van der Waals surface area (Å²) in [4.78, 5) is 0. The van der Waals surface area contributed by atoms with E-state index in [2.05, 4.69) is 23.5 Å². The standard InChI is InChI=1S/C15H25N3/c1-3-16-15(14-7-12-6-13(12)8-14)5-4-11-9-17-18(2)10-11/h9-10,12-16H,3-8H2,1-2H3. The maximum absolute atomic E-state index is 4.25. The molecule has 2 fully saturated rings. The number of nitrogens with zero attached hydrogens (tertiary/aromatic N) is 2. The van der Waals surface area contributed by atoms with Gasteiger partial charge < -0.3 is 5.32 Å². The molecule has 0 amide bonds. The molecule has 0 bridgehead atoms. The summed E-state index contributed by atoms with van der Waals surface area (Å²) in [6, 6.07) is 0.725. The zero-order valence-corrected chi connectivity index (χ0v) is 11.6. The van der Waals surface area contributed by atoms with Crippen molar-refractivity contribution in [3.05, 3.63) is 18.0 Å². The Labute approximate surface area is 110 Å². The van der Waals surface area contributed by atoms with Gasteiger partial charge in [-0.2, -0.15) is 5.10 Å². The molecule has 18 heavy (non-hydrogen) atoms. The van der Waals surface area contributed by atoms with E-state index in [0.717, 1.165) is 36.8 Å². The van der Waals surface area contributed by atoms with E-state index < -0.39 is 0 Å². The van der Waals surface area contributed by atoms with Crippen molar-refractivity contribution in [1.82, 2.24) is 15.1 Å². The van der Waals surface area contributed by atoms with E-state index in [1.165, 1.54) is 31.2 Å². The Morgan fingerprint density at radius 1 is 1.39 bits per heavy atom. The van der Waals surface area contributed by atoms with Crippen LogP contribution in [-0.2, 0) is 13.5 Å². The molecule has 2 aliphatic rings. The zero-order chi connectivity index (χ0) is 12.5. The highest BCUT2D eigenvalue weighted by atomic mass is 15.2. The fraction of sp³-hybridized carbons (Fsp3) is 0.800. The van der Waals surface area contributed by atoms with Crippen LogP contribution in [0.4, 0.5) is 0 Å². The minimum absolute atomic E-state index is 0.725. The number of fused-ring (bicyclic) bond motifs is 1. The zero-order valence-electron chi connectivity index (χ0n) is 11.6. The predicted octanol–water partition coefficient (Wildman–Crippen LogP) is 2.38. The fourth-order valence-electron chi connectivity index (χ4n) is 3.78. The molecule has 1 N–H and O–H groups in total. The second-order valence-electron chi connectivity index (χ2n) is 6.21. The Morgan fingerprint density at radius 3 is 2.78 bits per heavy atom. The fourth-order valence-corrected chi connectivity index (χ4v) is 3.78. The second kappa shape index (κ2) is 5.04. The van der Waals surface area contributed by atoms with Gasteiger partial charge >= 0.3 is 0 Å². The molecule has 0 radical (unpaired) electrons. The molecule has 3 heteroatoms. The van der Waals surface area contributed by atoms with E-state index in [-0.39, 0.29) is 0 Å². The lowest BCUT2D eigenvalue weighted by atomic mass is 9.90. The van der Waals surface area contributed by atoms with Gasteiger partial charge in [0.15, 0.2) is 0 Å². The highest BCUT2D eigenvalue weighted by Gasteiger charge is 2.47. The Kier molecular flexibility index (Phi) is 3.42. The lowest BCUT2D eigenvalue weighted by molar-refractivity contribution is 0.323. The van der Waals surface area contributed by atoms with Gasteiger partial charge in [-0.3, -0.25) is 4.68 Å².